The van der Waals surface area contributed by atoms with Gasteiger partial charge in [-0.2, -0.15) is 5.10 Å². The van der Waals surface area contributed by atoms with Gasteiger partial charge in [-0.05, 0) is 35.9 Å². The number of pyridine rings is 2. The second-order valence-electron chi connectivity index (χ2n) is 4.68. The summed E-state index contributed by atoms with van der Waals surface area (Å²) in [6.45, 7) is -0.0495. The van der Waals surface area contributed by atoms with E-state index in [1.54, 1.807) is 6.20 Å². The molecule has 98 valence electrons. The average molecular weight is 264 g/mol. The first-order valence-electron chi connectivity index (χ1n) is 6.37. The maximum atomic E-state index is 9.13. The summed E-state index contributed by atoms with van der Waals surface area (Å²) in [6, 6.07) is 9.93. The van der Waals surface area contributed by atoms with Gasteiger partial charge in [-0.15, -0.1) is 0 Å². The van der Waals surface area contributed by atoms with Gasteiger partial charge < -0.3 is 10.1 Å². The summed E-state index contributed by atoms with van der Waals surface area (Å²) < 4.78 is 1.83. The highest BCUT2D eigenvalue weighted by atomic mass is 16.3. The van der Waals surface area contributed by atoms with E-state index in [-0.39, 0.29) is 6.61 Å². The first-order valence-corrected chi connectivity index (χ1v) is 6.37. The van der Waals surface area contributed by atoms with Crippen LogP contribution in [0.25, 0.3) is 27.7 Å². The molecule has 0 atom stereocenters. The number of nitrogens with zero attached hydrogens (tertiary/aromatic N) is 3. The van der Waals surface area contributed by atoms with E-state index >= 15 is 0 Å². The van der Waals surface area contributed by atoms with Crippen LogP contribution in [-0.4, -0.2) is 24.7 Å². The Balaban J connectivity index is 1.92. The van der Waals surface area contributed by atoms with Crippen molar-refractivity contribution in [1.82, 2.24) is 19.6 Å². The summed E-state index contributed by atoms with van der Waals surface area (Å²) in [7, 11) is 0. The highest BCUT2D eigenvalue weighted by Crippen LogP contribution is 2.28. The molecule has 5 heteroatoms. The molecular formula is C15H12N4O. The minimum Gasteiger partial charge on any atom is -0.390 e. The lowest BCUT2D eigenvalue weighted by atomic mass is 10.1. The Bertz CT molecular complexity index is 906. The number of fused-ring (bicyclic) bond motifs is 2. The first-order chi connectivity index (χ1) is 9.85. The van der Waals surface area contributed by atoms with E-state index in [0.717, 1.165) is 27.7 Å². The number of nitrogens with one attached hydrogen (secondary N) is 1. The summed E-state index contributed by atoms with van der Waals surface area (Å²) in [5, 5.41) is 14.4. The zero-order chi connectivity index (χ0) is 13.5. The quantitative estimate of drug-likeness (QED) is 0.584. The summed E-state index contributed by atoms with van der Waals surface area (Å²) in [4.78, 5) is 7.53. The van der Waals surface area contributed by atoms with E-state index in [1.165, 1.54) is 0 Å². The van der Waals surface area contributed by atoms with Crippen LogP contribution in [0.1, 0.15) is 5.69 Å². The van der Waals surface area contributed by atoms with Crippen LogP contribution in [0.5, 0.6) is 0 Å². The number of hydrogen-bond acceptors (Lipinski definition) is 3. The van der Waals surface area contributed by atoms with E-state index < -0.39 is 0 Å². The lowest BCUT2D eigenvalue weighted by Gasteiger charge is -2.01. The van der Waals surface area contributed by atoms with Crippen LogP contribution in [0.2, 0.25) is 0 Å². The van der Waals surface area contributed by atoms with Crippen molar-refractivity contribution >= 4 is 16.6 Å². The van der Waals surface area contributed by atoms with Crippen LogP contribution in [0, 0.1) is 0 Å². The van der Waals surface area contributed by atoms with E-state index in [1.807, 2.05) is 41.2 Å². The molecule has 4 rings (SSSR count). The third kappa shape index (κ3) is 1.60. The monoisotopic (exact) mass is 264 g/mol. The summed E-state index contributed by atoms with van der Waals surface area (Å²) in [5.41, 5.74) is 4.72. The van der Waals surface area contributed by atoms with E-state index in [9.17, 15) is 0 Å². The second kappa shape index (κ2) is 4.18. The minimum absolute atomic E-state index is 0.0495. The SMILES string of the molecule is OCc1ccc2c(-c3ccn4nccc4c3)c[nH]c2n1. The number of aliphatic hydroxyl groups is 1. The van der Waals surface area contributed by atoms with Crippen LogP contribution >= 0.6 is 0 Å². The van der Waals surface area contributed by atoms with Crippen molar-refractivity contribution in [2.75, 3.05) is 0 Å². The van der Waals surface area contributed by atoms with Gasteiger partial charge in [0.15, 0.2) is 0 Å². The molecule has 2 N–H and O–H groups in total. The van der Waals surface area contributed by atoms with Gasteiger partial charge in [-0.3, -0.25) is 0 Å². The molecule has 4 heterocycles. The third-order valence-corrected chi connectivity index (χ3v) is 3.47. The number of aliphatic hydroxyl groups excluding tert-OH is 1. The molecule has 0 aliphatic heterocycles. The second-order valence-corrected chi connectivity index (χ2v) is 4.68. The van der Waals surface area contributed by atoms with Gasteiger partial charge in [-0.25, -0.2) is 9.50 Å². The summed E-state index contributed by atoms with van der Waals surface area (Å²) >= 11 is 0. The molecule has 0 bridgehead atoms. The van der Waals surface area contributed by atoms with Crippen LogP contribution < -0.4 is 0 Å². The van der Waals surface area contributed by atoms with Crippen molar-refractivity contribution in [1.29, 1.82) is 0 Å². The largest absolute Gasteiger partial charge is 0.390 e. The van der Waals surface area contributed by atoms with Gasteiger partial charge in [0.25, 0.3) is 0 Å². The summed E-state index contributed by atoms with van der Waals surface area (Å²) in [6.07, 6.45) is 5.67. The fourth-order valence-corrected chi connectivity index (χ4v) is 2.46. The maximum Gasteiger partial charge on any atom is 0.138 e. The Morgan fingerprint density at radius 1 is 1.20 bits per heavy atom. The molecule has 0 spiro atoms. The van der Waals surface area contributed by atoms with Crippen LogP contribution in [0.4, 0.5) is 0 Å². The van der Waals surface area contributed by atoms with Crippen molar-refractivity contribution in [3.8, 4) is 11.1 Å². The Kier molecular flexibility index (Phi) is 2.34. The lowest BCUT2D eigenvalue weighted by Crippen LogP contribution is -1.89. The van der Waals surface area contributed by atoms with Crippen molar-refractivity contribution < 1.29 is 5.11 Å². The molecular weight excluding hydrogens is 252 g/mol. The topological polar surface area (TPSA) is 66.2 Å². The van der Waals surface area contributed by atoms with E-state index in [0.29, 0.717) is 5.69 Å². The fourth-order valence-electron chi connectivity index (χ4n) is 2.46. The van der Waals surface area contributed by atoms with Crippen molar-refractivity contribution in [3.05, 3.63) is 54.6 Å². The predicted octanol–water partition coefficient (Wildman–Crippen LogP) is 2.37. The third-order valence-electron chi connectivity index (χ3n) is 3.47. The Morgan fingerprint density at radius 3 is 3.05 bits per heavy atom. The molecule has 0 radical (unpaired) electrons. The highest BCUT2D eigenvalue weighted by molar-refractivity contribution is 5.94. The number of rotatable bonds is 2. The zero-order valence-electron chi connectivity index (χ0n) is 10.6. The number of H-pyrrole nitrogens is 1. The molecule has 0 saturated heterocycles. The lowest BCUT2D eigenvalue weighted by molar-refractivity contribution is 0.277. The smallest absolute Gasteiger partial charge is 0.138 e. The Hall–Kier alpha value is -2.66. The molecule has 0 fully saturated rings. The molecule has 4 aromatic rings. The van der Waals surface area contributed by atoms with Gasteiger partial charge in [0.1, 0.15) is 5.65 Å². The van der Waals surface area contributed by atoms with Crippen LogP contribution in [0.3, 0.4) is 0 Å². The van der Waals surface area contributed by atoms with Gasteiger partial charge in [0.05, 0.1) is 17.8 Å². The molecule has 0 unspecified atom stereocenters. The fraction of sp³-hybridized carbons (Fsp3) is 0.0667. The molecule has 0 saturated carbocycles. The van der Waals surface area contributed by atoms with Crippen molar-refractivity contribution in [2.24, 2.45) is 0 Å². The molecule has 0 aliphatic carbocycles. The highest BCUT2D eigenvalue weighted by Gasteiger charge is 2.08. The van der Waals surface area contributed by atoms with Gasteiger partial charge in [0.2, 0.25) is 0 Å². The van der Waals surface area contributed by atoms with Crippen LogP contribution in [0.15, 0.2) is 48.9 Å². The first kappa shape index (κ1) is 11.2. The zero-order valence-corrected chi connectivity index (χ0v) is 10.6. The Labute approximate surface area is 114 Å². The predicted molar refractivity (Wildman–Crippen MR) is 76.2 cm³/mol. The van der Waals surface area contributed by atoms with Gasteiger partial charge >= 0.3 is 0 Å². The number of hydrogen-bond donors (Lipinski definition) is 2. The number of aromatic nitrogens is 4. The summed E-state index contributed by atoms with van der Waals surface area (Å²) in [5.74, 6) is 0. The minimum atomic E-state index is -0.0495. The number of aromatic amines is 1. The standard InChI is InChI=1S/C15H12N4O/c20-9-11-1-2-13-14(8-16-15(13)18-11)10-4-6-19-12(7-10)3-5-17-19/h1-8,20H,9H2,(H,16,18). The average Bonchev–Trinajstić information content (AvgIpc) is 3.11. The Morgan fingerprint density at radius 2 is 2.15 bits per heavy atom. The van der Waals surface area contributed by atoms with Gasteiger partial charge in [-0.1, -0.05) is 0 Å². The normalized spacial score (nSPS) is 11.4. The molecule has 0 amide bonds. The van der Waals surface area contributed by atoms with Crippen molar-refractivity contribution in [3.63, 3.8) is 0 Å². The molecule has 20 heavy (non-hydrogen) atoms. The van der Waals surface area contributed by atoms with Crippen molar-refractivity contribution in [2.45, 2.75) is 6.61 Å². The maximum absolute atomic E-state index is 9.13. The van der Waals surface area contributed by atoms with Gasteiger partial charge in [0, 0.05) is 29.5 Å². The molecule has 0 aromatic carbocycles. The molecule has 4 aromatic heterocycles. The molecule has 0 aliphatic rings. The van der Waals surface area contributed by atoms with E-state index in [4.69, 9.17) is 5.11 Å². The van der Waals surface area contributed by atoms with E-state index in [2.05, 4.69) is 21.1 Å². The van der Waals surface area contributed by atoms with Crippen LogP contribution in [-0.2, 0) is 6.61 Å². The molecule has 5 nitrogen and oxygen atoms in total.